The summed E-state index contributed by atoms with van der Waals surface area (Å²) in [6, 6.07) is 7.61. The largest absolute Gasteiger partial charge is 0.355 e. The van der Waals surface area contributed by atoms with Gasteiger partial charge in [0.25, 0.3) is 0 Å². The molecule has 0 saturated carbocycles. The Bertz CT molecular complexity index is 611. The molecule has 0 aliphatic carbocycles. The molecule has 1 unspecified atom stereocenters. The number of sulfonamides is 1. The van der Waals surface area contributed by atoms with Crippen LogP contribution in [0, 0.1) is 0 Å². The number of benzene rings is 1. The second kappa shape index (κ2) is 11.1. The van der Waals surface area contributed by atoms with Crippen LogP contribution in [-0.4, -0.2) is 40.3 Å². The Kier molecular flexibility index (Phi) is 10.8. The maximum absolute atomic E-state index is 11.3. The molecule has 0 aliphatic rings. The van der Waals surface area contributed by atoms with E-state index in [0.717, 1.165) is 5.56 Å². The van der Waals surface area contributed by atoms with E-state index in [1.165, 1.54) is 0 Å². The lowest BCUT2D eigenvalue weighted by molar-refractivity contribution is 0.581. The molecule has 3 N–H and O–H groups in total. The zero-order valence-electron chi connectivity index (χ0n) is 13.5. The SMILES string of the molecule is CCS(=O)(=O)NCCNC(=NC)NC(C)c1cccc(Cl)c1.I. The topological polar surface area (TPSA) is 82.6 Å². The predicted octanol–water partition coefficient (Wildman–Crippen LogP) is 2.12. The van der Waals surface area contributed by atoms with Gasteiger partial charge in [0, 0.05) is 25.2 Å². The van der Waals surface area contributed by atoms with E-state index < -0.39 is 10.0 Å². The molecule has 0 amide bonds. The van der Waals surface area contributed by atoms with Crippen LogP contribution in [0.2, 0.25) is 5.02 Å². The summed E-state index contributed by atoms with van der Waals surface area (Å²) < 4.78 is 25.1. The lowest BCUT2D eigenvalue weighted by Gasteiger charge is -2.18. The molecular formula is C14H24ClIN4O2S. The predicted molar refractivity (Wildman–Crippen MR) is 107 cm³/mol. The van der Waals surface area contributed by atoms with Crippen molar-refractivity contribution in [3.8, 4) is 0 Å². The highest BCUT2D eigenvalue weighted by Gasteiger charge is 2.09. The van der Waals surface area contributed by atoms with Crippen molar-refractivity contribution in [1.82, 2.24) is 15.4 Å². The molecular weight excluding hydrogens is 451 g/mol. The van der Waals surface area contributed by atoms with Gasteiger partial charge in [-0.3, -0.25) is 4.99 Å². The quantitative estimate of drug-likeness (QED) is 0.245. The molecule has 0 fully saturated rings. The average molecular weight is 475 g/mol. The van der Waals surface area contributed by atoms with Crippen molar-refractivity contribution < 1.29 is 8.42 Å². The second-order valence-corrected chi connectivity index (χ2v) is 7.25. The van der Waals surface area contributed by atoms with Gasteiger partial charge in [0.1, 0.15) is 0 Å². The molecule has 0 aliphatic heterocycles. The summed E-state index contributed by atoms with van der Waals surface area (Å²) in [5, 5.41) is 6.97. The number of nitrogens with one attached hydrogen (secondary N) is 3. The van der Waals surface area contributed by atoms with E-state index in [4.69, 9.17) is 11.6 Å². The third-order valence-electron chi connectivity index (χ3n) is 3.04. The van der Waals surface area contributed by atoms with Gasteiger partial charge in [0.05, 0.1) is 11.8 Å². The molecule has 0 heterocycles. The van der Waals surface area contributed by atoms with Gasteiger partial charge in [-0.1, -0.05) is 23.7 Å². The van der Waals surface area contributed by atoms with E-state index in [2.05, 4.69) is 20.3 Å². The first kappa shape index (κ1) is 22.4. The molecule has 1 rings (SSSR count). The second-order valence-electron chi connectivity index (χ2n) is 4.72. The maximum atomic E-state index is 11.3. The minimum Gasteiger partial charge on any atom is -0.355 e. The fraction of sp³-hybridized carbons (Fsp3) is 0.500. The van der Waals surface area contributed by atoms with Gasteiger partial charge in [0.2, 0.25) is 10.0 Å². The smallest absolute Gasteiger partial charge is 0.211 e. The van der Waals surface area contributed by atoms with E-state index in [0.29, 0.717) is 24.1 Å². The number of rotatable bonds is 7. The Balaban J connectivity index is 0.00000484. The molecule has 23 heavy (non-hydrogen) atoms. The van der Waals surface area contributed by atoms with Crippen molar-refractivity contribution in [3.05, 3.63) is 34.9 Å². The normalized spacial score (nSPS) is 13.1. The van der Waals surface area contributed by atoms with Gasteiger partial charge in [0.15, 0.2) is 5.96 Å². The molecule has 6 nitrogen and oxygen atoms in total. The summed E-state index contributed by atoms with van der Waals surface area (Å²) >= 11 is 5.98. The van der Waals surface area contributed by atoms with Crippen LogP contribution < -0.4 is 15.4 Å². The van der Waals surface area contributed by atoms with Crippen LogP contribution in [0.3, 0.4) is 0 Å². The molecule has 1 aromatic carbocycles. The molecule has 0 radical (unpaired) electrons. The summed E-state index contributed by atoms with van der Waals surface area (Å²) in [7, 11) is -1.50. The van der Waals surface area contributed by atoms with Crippen molar-refractivity contribution >= 4 is 51.6 Å². The lowest BCUT2D eigenvalue weighted by Crippen LogP contribution is -2.42. The third-order valence-corrected chi connectivity index (χ3v) is 4.68. The van der Waals surface area contributed by atoms with E-state index in [-0.39, 0.29) is 35.8 Å². The van der Waals surface area contributed by atoms with Gasteiger partial charge in [-0.2, -0.15) is 0 Å². The van der Waals surface area contributed by atoms with Gasteiger partial charge < -0.3 is 10.6 Å². The number of guanidine groups is 1. The average Bonchev–Trinajstić information content (AvgIpc) is 2.50. The fourth-order valence-corrected chi connectivity index (χ4v) is 2.56. The number of nitrogens with zero attached hydrogens (tertiary/aromatic N) is 1. The van der Waals surface area contributed by atoms with Gasteiger partial charge in [-0.15, -0.1) is 24.0 Å². The van der Waals surface area contributed by atoms with Crippen molar-refractivity contribution in [1.29, 1.82) is 0 Å². The van der Waals surface area contributed by atoms with Crippen LogP contribution in [-0.2, 0) is 10.0 Å². The molecule has 1 atom stereocenters. The van der Waals surface area contributed by atoms with Gasteiger partial charge in [-0.25, -0.2) is 13.1 Å². The first-order chi connectivity index (χ1) is 10.4. The number of hydrogen-bond acceptors (Lipinski definition) is 3. The zero-order valence-corrected chi connectivity index (χ0v) is 17.4. The first-order valence-corrected chi connectivity index (χ1v) is 9.11. The van der Waals surface area contributed by atoms with Crippen molar-refractivity contribution in [2.75, 3.05) is 25.9 Å². The number of aliphatic imine (C=N–C) groups is 1. The summed E-state index contributed by atoms with van der Waals surface area (Å²) in [6.45, 7) is 4.35. The van der Waals surface area contributed by atoms with E-state index >= 15 is 0 Å². The maximum Gasteiger partial charge on any atom is 0.211 e. The number of hydrogen-bond donors (Lipinski definition) is 3. The highest BCUT2D eigenvalue weighted by molar-refractivity contribution is 14.0. The van der Waals surface area contributed by atoms with Crippen LogP contribution in [0.5, 0.6) is 0 Å². The monoisotopic (exact) mass is 474 g/mol. The Morgan fingerprint density at radius 2 is 2.04 bits per heavy atom. The standard InChI is InChI=1S/C14H23ClN4O2S.HI/c1-4-22(20,21)18-9-8-17-14(16-3)19-11(2)12-6-5-7-13(15)10-12;/h5-7,10-11,18H,4,8-9H2,1-3H3,(H2,16,17,19);1H. The minimum absolute atomic E-state index is 0. The highest BCUT2D eigenvalue weighted by atomic mass is 127. The fourth-order valence-electron chi connectivity index (χ4n) is 1.75. The molecule has 132 valence electrons. The Hall–Kier alpha value is -0.580. The Morgan fingerprint density at radius 3 is 2.61 bits per heavy atom. The van der Waals surface area contributed by atoms with Crippen LogP contribution in [0.4, 0.5) is 0 Å². The van der Waals surface area contributed by atoms with E-state index in [1.54, 1.807) is 14.0 Å². The van der Waals surface area contributed by atoms with Gasteiger partial charge in [-0.05, 0) is 31.5 Å². The lowest BCUT2D eigenvalue weighted by atomic mass is 10.1. The molecule has 0 bridgehead atoms. The van der Waals surface area contributed by atoms with Gasteiger partial charge >= 0.3 is 0 Å². The van der Waals surface area contributed by atoms with Crippen LogP contribution in [0.1, 0.15) is 25.5 Å². The van der Waals surface area contributed by atoms with Crippen LogP contribution >= 0.6 is 35.6 Å². The molecule has 0 saturated heterocycles. The summed E-state index contributed by atoms with van der Waals surface area (Å²) in [4.78, 5) is 4.11. The van der Waals surface area contributed by atoms with Crippen LogP contribution in [0.25, 0.3) is 0 Å². The number of halogens is 2. The van der Waals surface area contributed by atoms with E-state index in [9.17, 15) is 8.42 Å². The summed E-state index contributed by atoms with van der Waals surface area (Å²) in [5.41, 5.74) is 1.04. The molecule has 9 heteroatoms. The highest BCUT2D eigenvalue weighted by Crippen LogP contribution is 2.16. The van der Waals surface area contributed by atoms with Crippen molar-refractivity contribution in [2.45, 2.75) is 19.9 Å². The summed E-state index contributed by atoms with van der Waals surface area (Å²) in [6.07, 6.45) is 0. The zero-order chi connectivity index (χ0) is 16.6. The first-order valence-electron chi connectivity index (χ1n) is 7.08. The van der Waals surface area contributed by atoms with E-state index in [1.807, 2.05) is 31.2 Å². The minimum atomic E-state index is -3.16. The molecule has 1 aromatic rings. The van der Waals surface area contributed by atoms with Crippen molar-refractivity contribution in [2.24, 2.45) is 4.99 Å². The summed E-state index contributed by atoms with van der Waals surface area (Å²) in [5.74, 6) is 0.675. The van der Waals surface area contributed by atoms with Crippen LogP contribution in [0.15, 0.2) is 29.3 Å². The molecule has 0 spiro atoms. The Labute approximate surface area is 160 Å². The molecule has 0 aromatic heterocycles. The third kappa shape index (κ3) is 8.73. The Morgan fingerprint density at radius 1 is 1.35 bits per heavy atom. The van der Waals surface area contributed by atoms with Crippen molar-refractivity contribution in [3.63, 3.8) is 0 Å².